The van der Waals surface area contributed by atoms with E-state index in [2.05, 4.69) is 31.1 Å². The quantitative estimate of drug-likeness (QED) is 0.669. The first-order chi connectivity index (χ1) is 14.7. The number of aromatic nitrogens is 2. The molecule has 2 heterocycles. The second kappa shape index (κ2) is 8.29. The molecule has 4 rings (SSSR count). The van der Waals surface area contributed by atoms with E-state index < -0.39 is 0 Å². The van der Waals surface area contributed by atoms with Crippen LogP contribution in [0.5, 0.6) is 0 Å². The van der Waals surface area contributed by atoms with E-state index in [9.17, 15) is 9.59 Å². The molecule has 0 bridgehead atoms. The van der Waals surface area contributed by atoms with Crippen molar-refractivity contribution in [2.24, 2.45) is 11.3 Å². The molecule has 1 aliphatic rings. The van der Waals surface area contributed by atoms with Crippen LogP contribution < -0.4 is 10.9 Å². The summed E-state index contributed by atoms with van der Waals surface area (Å²) >= 11 is 0. The van der Waals surface area contributed by atoms with Crippen molar-refractivity contribution in [3.8, 4) is 0 Å². The van der Waals surface area contributed by atoms with Crippen molar-refractivity contribution < 1.29 is 4.79 Å². The number of rotatable bonds is 4. The number of nitrogens with zero attached hydrogens (tertiary/aromatic N) is 2. The topological polar surface area (TPSA) is 64.0 Å². The molecule has 1 aliphatic carbocycles. The predicted octanol–water partition coefficient (Wildman–Crippen LogP) is 4.70. The maximum Gasteiger partial charge on any atom is 0.265 e. The lowest BCUT2D eigenvalue weighted by atomic mass is 9.70. The largest absolute Gasteiger partial charge is 0.349 e. The first kappa shape index (κ1) is 21.3. The molecule has 1 N–H and O–H groups in total. The number of nitrogens with one attached hydrogen (secondary N) is 1. The van der Waals surface area contributed by atoms with Gasteiger partial charge in [-0.3, -0.25) is 14.2 Å². The summed E-state index contributed by atoms with van der Waals surface area (Å²) in [6.07, 6.45) is 4.71. The van der Waals surface area contributed by atoms with Gasteiger partial charge in [0.05, 0.1) is 6.54 Å². The molecule has 5 nitrogen and oxygen atoms in total. The van der Waals surface area contributed by atoms with E-state index in [-0.39, 0.29) is 28.5 Å². The standard InChI is InChI=1S/C26H31N3O2/c1-17-7-9-19(10-8-17)16-29-23-20(6-5-11-27-23)13-22(25(29)31)24(30)28-21-12-18(2)14-26(3,4)15-21/h5-11,13,18,21H,12,14-16H2,1-4H3,(H,28,30). The zero-order valence-corrected chi connectivity index (χ0v) is 18.8. The summed E-state index contributed by atoms with van der Waals surface area (Å²) < 4.78 is 1.61. The van der Waals surface area contributed by atoms with E-state index in [1.165, 1.54) is 0 Å². The lowest BCUT2D eigenvalue weighted by Gasteiger charge is -2.39. The highest BCUT2D eigenvalue weighted by Gasteiger charge is 2.33. The van der Waals surface area contributed by atoms with Gasteiger partial charge >= 0.3 is 0 Å². The Morgan fingerprint density at radius 2 is 1.94 bits per heavy atom. The number of aryl methyl sites for hydroxylation is 1. The number of carbonyl (C=O) groups excluding carboxylic acids is 1. The molecule has 31 heavy (non-hydrogen) atoms. The zero-order chi connectivity index (χ0) is 22.2. The molecular formula is C26H31N3O2. The molecule has 5 heteroatoms. The van der Waals surface area contributed by atoms with Crippen molar-refractivity contribution in [3.05, 3.63) is 75.7 Å². The highest BCUT2D eigenvalue weighted by atomic mass is 16.2. The minimum Gasteiger partial charge on any atom is -0.349 e. The number of amides is 1. The van der Waals surface area contributed by atoms with Crippen molar-refractivity contribution in [2.75, 3.05) is 0 Å². The van der Waals surface area contributed by atoms with Crippen LogP contribution in [0.2, 0.25) is 0 Å². The van der Waals surface area contributed by atoms with Gasteiger partial charge in [0.1, 0.15) is 11.2 Å². The minimum atomic E-state index is -0.299. The molecule has 3 aromatic rings. The first-order valence-corrected chi connectivity index (χ1v) is 11.1. The number of carbonyl (C=O) groups is 1. The van der Waals surface area contributed by atoms with E-state index in [1.54, 1.807) is 16.8 Å². The minimum absolute atomic E-state index is 0.0841. The summed E-state index contributed by atoms with van der Waals surface area (Å²) in [6.45, 7) is 9.14. The highest BCUT2D eigenvalue weighted by molar-refractivity contribution is 5.97. The van der Waals surface area contributed by atoms with Crippen molar-refractivity contribution >= 4 is 16.9 Å². The monoisotopic (exact) mass is 417 g/mol. The molecular weight excluding hydrogens is 386 g/mol. The maximum atomic E-state index is 13.4. The number of pyridine rings is 2. The molecule has 162 valence electrons. The van der Waals surface area contributed by atoms with Crippen LogP contribution >= 0.6 is 0 Å². The van der Waals surface area contributed by atoms with E-state index in [1.807, 2.05) is 43.3 Å². The average molecular weight is 418 g/mol. The molecule has 1 amide bonds. The van der Waals surface area contributed by atoms with Crippen molar-refractivity contribution in [1.29, 1.82) is 0 Å². The van der Waals surface area contributed by atoms with Crippen LogP contribution in [0.1, 0.15) is 61.5 Å². The summed E-state index contributed by atoms with van der Waals surface area (Å²) in [4.78, 5) is 31.0. The van der Waals surface area contributed by atoms with E-state index in [4.69, 9.17) is 0 Å². The Labute approximate surface area is 183 Å². The second-order valence-electron chi connectivity index (χ2n) is 9.93. The average Bonchev–Trinajstić information content (AvgIpc) is 2.69. The van der Waals surface area contributed by atoms with E-state index >= 15 is 0 Å². The summed E-state index contributed by atoms with van der Waals surface area (Å²) in [5.74, 6) is 0.261. The van der Waals surface area contributed by atoms with Gasteiger partial charge in [0.15, 0.2) is 0 Å². The van der Waals surface area contributed by atoms with Gasteiger partial charge in [-0.2, -0.15) is 0 Å². The van der Waals surface area contributed by atoms with Gasteiger partial charge in [-0.15, -0.1) is 0 Å². The van der Waals surface area contributed by atoms with Gasteiger partial charge < -0.3 is 5.32 Å². The SMILES string of the molecule is Cc1ccc(Cn2c(=O)c(C(=O)NC3CC(C)CC(C)(C)C3)cc3cccnc32)cc1. The van der Waals surface area contributed by atoms with Gasteiger partial charge in [0, 0.05) is 17.6 Å². The molecule has 2 aromatic heterocycles. The predicted molar refractivity (Wildman–Crippen MR) is 124 cm³/mol. The van der Waals surface area contributed by atoms with Crippen LogP contribution in [0.25, 0.3) is 11.0 Å². The van der Waals surface area contributed by atoms with Gasteiger partial charge in [0.25, 0.3) is 11.5 Å². The van der Waals surface area contributed by atoms with Crippen LogP contribution in [0.3, 0.4) is 0 Å². The fraction of sp³-hybridized carbons (Fsp3) is 0.423. The molecule has 0 spiro atoms. The molecule has 1 fully saturated rings. The summed E-state index contributed by atoms with van der Waals surface area (Å²) in [5, 5.41) is 3.94. The number of benzene rings is 1. The molecule has 2 atom stereocenters. The summed E-state index contributed by atoms with van der Waals surface area (Å²) in [7, 11) is 0. The molecule has 0 saturated heterocycles. The Kier molecular flexibility index (Phi) is 5.69. The third kappa shape index (κ3) is 4.71. The summed E-state index contributed by atoms with van der Waals surface area (Å²) in [5.41, 5.74) is 2.83. The Bertz CT molecular complexity index is 1160. The normalized spacial score (nSPS) is 20.5. The fourth-order valence-corrected chi connectivity index (χ4v) is 5.11. The van der Waals surface area contributed by atoms with Crippen LogP contribution in [0.15, 0.2) is 53.5 Å². The molecule has 1 aromatic carbocycles. The van der Waals surface area contributed by atoms with Crippen LogP contribution in [0.4, 0.5) is 0 Å². The number of hydrogen-bond donors (Lipinski definition) is 1. The first-order valence-electron chi connectivity index (χ1n) is 11.1. The van der Waals surface area contributed by atoms with Gasteiger partial charge in [-0.05, 0) is 61.3 Å². The lowest BCUT2D eigenvalue weighted by Crippen LogP contribution is -2.44. The Morgan fingerprint density at radius 3 is 2.65 bits per heavy atom. The number of hydrogen-bond acceptors (Lipinski definition) is 3. The fourth-order valence-electron chi connectivity index (χ4n) is 5.11. The lowest BCUT2D eigenvalue weighted by molar-refractivity contribution is 0.0872. The van der Waals surface area contributed by atoms with E-state index in [0.29, 0.717) is 18.1 Å². The smallest absolute Gasteiger partial charge is 0.265 e. The van der Waals surface area contributed by atoms with Gasteiger partial charge in [-0.25, -0.2) is 4.98 Å². The van der Waals surface area contributed by atoms with Crippen LogP contribution in [0, 0.1) is 18.3 Å². The molecule has 1 saturated carbocycles. The molecule has 0 radical (unpaired) electrons. The van der Waals surface area contributed by atoms with Crippen molar-refractivity contribution in [3.63, 3.8) is 0 Å². The van der Waals surface area contributed by atoms with Crippen molar-refractivity contribution in [1.82, 2.24) is 14.9 Å². The van der Waals surface area contributed by atoms with Gasteiger partial charge in [0.2, 0.25) is 0 Å². The third-order valence-electron chi connectivity index (χ3n) is 6.28. The maximum absolute atomic E-state index is 13.4. The molecule has 2 unspecified atom stereocenters. The van der Waals surface area contributed by atoms with Crippen LogP contribution in [-0.4, -0.2) is 21.5 Å². The second-order valence-corrected chi connectivity index (χ2v) is 9.93. The zero-order valence-electron chi connectivity index (χ0n) is 18.8. The third-order valence-corrected chi connectivity index (χ3v) is 6.28. The van der Waals surface area contributed by atoms with Crippen molar-refractivity contribution in [2.45, 2.75) is 59.5 Å². The Morgan fingerprint density at radius 1 is 1.19 bits per heavy atom. The molecule has 0 aliphatic heterocycles. The Balaban J connectivity index is 1.69. The number of fused-ring (bicyclic) bond motifs is 1. The Hall–Kier alpha value is -2.95. The summed E-state index contributed by atoms with van der Waals surface area (Å²) in [6, 6.07) is 13.6. The highest BCUT2D eigenvalue weighted by Crippen LogP contribution is 2.38. The van der Waals surface area contributed by atoms with Gasteiger partial charge in [-0.1, -0.05) is 50.6 Å². The van der Waals surface area contributed by atoms with Crippen LogP contribution in [-0.2, 0) is 6.54 Å². The van der Waals surface area contributed by atoms with E-state index in [0.717, 1.165) is 35.8 Å².